The number of nitrogens with one attached hydrogen (secondary N) is 1. The SMILES string of the molecule is CCCCCCCCCCCCCCCCCC(=O)NS(=O)(=O)CCCC. The fourth-order valence-corrected chi connectivity index (χ4v) is 4.49. The van der Waals surface area contributed by atoms with Crippen LogP contribution in [0.1, 0.15) is 129 Å². The first kappa shape index (κ1) is 26.4. The van der Waals surface area contributed by atoms with Gasteiger partial charge in [0.1, 0.15) is 0 Å². The predicted molar refractivity (Wildman–Crippen MR) is 116 cm³/mol. The second kappa shape index (κ2) is 18.8. The molecule has 0 aliphatic heterocycles. The number of carbonyl (C=O) groups is 1. The lowest BCUT2D eigenvalue weighted by molar-refractivity contribution is -0.119. The zero-order chi connectivity index (χ0) is 20.2. The van der Waals surface area contributed by atoms with Crippen LogP contribution < -0.4 is 4.72 Å². The van der Waals surface area contributed by atoms with Crippen LogP contribution in [0.25, 0.3) is 0 Å². The maximum absolute atomic E-state index is 11.7. The van der Waals surface area contributed by atoms with Gasteiger partial charge >= 0.3 is 0 Å². The Morgan fingerprint density at radius 3 is 1.37 bits per heavy atom. The van der Waals surface area contributed by atoms with Crippen molar-refractivity contribution in [3.05, 3.63) is 0 Å². The van der Waals surface area contributed by atoms with Gasteiger partial charge in [-0.05, 0) is 12.8 Å². The normalized spacial score (nSPS) is 11.6. The van der Waals surface area contributed by atoms with E-state index in [1.165, 1.54) is 77.0 Å². The van der Waals surface area contributed by atoms with E-state index in [1.54, 1.807) is 0 Å². The lowest BCUT2D eigenvalue weighted by Gasteiger charge is -2.06. The van der Waals surface area contributed by atoms with Crippen LogP contribution in [0.4, 0.5) is 0 Å². The van der Waals surface area contributed by atoms with E-state index in [4.69, 9.17) is 0 Å². The molecular weight excluding hydrogens is 358 g/mol. The molecule has 1 amide bonds. The van der Waals surface area contributed by atoms with Crippen molar-refractivity contribution in [2.45, 2.75) is 129 Å². The standard InChI is InChI=1S/C22H45NO3S/c1-3-5-7-8-9-10-11-12-13-14-15-16-17-18-19-20-22(24)23-27(25,26)21-6-4-2/h3-21H2,1-2H3,(H,23,24). The molecule has 0 spiro atoms. The molecule has 0 saturated heterocycles. The van der Waals surface area contributed by atoms with Gasteiger partial charge in [0, 0.05) is 6.42 Å². The average Bonchev–Trinajstić information content (AvgIpc) is 2.63. The van der Waals surface area contributed by atoms with Gasteiger partial charge in [-0.3, -0.25) is 9.52 Å². The molecule has 0 aliphatic rings. The summed E-state index contributed by atoms with van der Waals surface area (Å²) in [5, 5.41) is 0. The number of hydrogen-bond acceptors (Lipinski definition) is 3. The summed E-state index contributed by atoms with van der Waals surface area (Å²) < 4.78 is 25.4. The fraction of sp³-hybridized carbons (Fsp3) is 0.955. The highest BCUT2D eigenvalue weighted by Gasteiger charge is 2.13. The minimum atomic E-state index is -3.41. The minimum absolute atomic E-state index is 0.0497. The van der Waals surface area contributed by atoms with E-state index in [0.717, 1.165) is 25.7 Å². The summed E-state index contributed by atoms with van der Waals surface area (Å²) in [6, 6.07) is 0. The summed E-state index contributed by atoms with van der Waals surface area (Å²) in [6.45, 7) is 4.20. The van der Waals surface area contributed by atoms with Crippen molar-refractivity contribution in [3.8, 4) is 0 Å². The van der Waals surface area contributed by atoms with Crippen LogP contribution in [0.2, 0.25) is 0 Å². The zero-order valence-corrected chi connectivity index (χ0v) is 18.9. The molecule has 0 aliphatic carbocycles. The van der Waals surface area contributed by atoms with Crippen LogP contribution in [0.15, 0.2) is 0 Å². The van der Waals surface area contributed by atoms with Crippen LogP contribution in [-0.4, -0.2) is 20.1 Å². The Hall–Kier alpha value is -0.580. The first-order chi connectivity index (χ1) is 13.0. The van der Waals surface area contributed by atoms with Crippen LogP contribution in [-0.2, 0) is 14.8 Å². The van der Waals surface area contributed by atoms with Crippen molar-refractivity contribution in [2.24, 2.45) is 0 Å². The smallest absolute Gasteiger partial charge is 0.234 e. The van der Waals surface area contributed by atoms with E-state index in [-0.39, 0.29) is 11.7 Å². The molecule has 0 unspecified atom stereocenters. The molecule has 5 heteroatoms. The number of unbranched alkanes of at least 4 members (excludes halogenated alkanes) is 15. The van der Waals surface area contributed by atoms with Crippen molar-refractivity contribution in [1.29, 1.82) is 0 Å². The third-order valence-corrected chi connectivity index (χ3v) is 6.41. The number of rotatable bonds is 20. The van der Waals surface area contributed by atoms with Crippen molar-refractivity contribution >= 4 is 15.9 Å². The van der Waals surface area contributed by atoms with E-state index in [1.807, 2.05) is 6.92 Å². The third-order valence-electron chi connectivity index (χ3n) is 5.04. The molecule has 0 bridgehead atoms. The van der Waals surface area contributed by atoms with Gasteiger partial charge in [0.25, 0.3) is 0 Å². The first-order valence-corrected chi connectivity index (χ1v) is 13.2. The van der Waals surface area contributed by atoms with Gasteiger partial charge in [0.15, 0.2) is 0 Å². The monoisotopic (exact) mass is 403 g/mol. The largest absolute Gasteiger partial charge is 0.274 e. The summed E-state index contributed by atoms with van der Waals surface area (Å²) in [4.78, 5) is 11.7. The van der Waals surface area contributed by atoms with E-state index in [0.29, 0.717) is 12.8 Å². The Kier molecular flexibility index (Phi) is 18.4. The predicted octanol–water partition coefficient (Wildman–Crippen LogP) is 6.49. The quantitative estimate of drug-likeness (QED) is 0.236. The number of hydrogen-bond donors (Lipinski definition) is 1. The maximum atomic E-state index is 11.7. The van der Waals surface area contributed by atoms with Crippen molar-refractivity contribution in [2.75, 3.05) is 5.75 Å². The molecule has 162 valence electrons. The lowest BCUT2D eigenvalue weighted by Crippen LogP contribution is -2.32. The van der Waals surface area contributed by atoms with Gasteiger partial charge in [-0.1, -0.05) is 110 Å². The van der Waals surface area contributed by atoms with Crippen molar-refractivity contribution in [1.82, 2.24) is 4.72 Å². The highest BCUT2D eigenvalue weighted by molar-refractivity contribution is 7.90. The molecular formula is C22H45NO3S. The molecule has 0 atom stereocenters. The Bertz CT molecular complexity index is 435. The van der Waals surface area contributed by atoms with Gasteiger partial charge < -0.3 is 0 Å². The van der Waals surface area contributed by atoms with E-state index in [9.17, 15) is 13.2 Å². The molecule has 27 heavy (non-hydrogen) atoms. The first-order valence-electron chi connectivity index (χ1n) is 11.5. The topological polar surface area (TPSA) is 63.2 Å². The van der Waals surface area contributed by atoms with Gasteiger partial charge in [-0.2, -0.15) is 0 Å². The van der Waals surface area contributed by atoms with Gasteiger partial charge in [-0.15, -0.1) is 0 Å². The highest BCUT2D eigenvalue weighted by atomic mass is 32.2. The van der Waals surface area contributed by atoms with Gasteiger partial charge in [-0.25, -0.2) is 8.42 Å². The third kappa shape index (κ3) is 20.0. The van der Waals surface area contributed by atoms with Crippen LogP contribution in [0.3, 0.4) is 0 Å². The Morgan fingerprint density at radius 2 is 0.963 bits per heavy atom. The number of amides is 1. The maximum Gasteiger partial charge on any atom is 0.234 e. The average molecular weight is 404 g/mol. The van der Waals surface area contributed by atoms with E-state index >= 15 is 0 Å². The highest BCUT2D eigenvalue weighted by Crippen LogP contribution is 2.13. The van der Waals surface area contributed by atoms with Crippen molar-refractivity contribution in [3.63, 3.8) is 0 Å². The molecule has 0 radical (unpaired) electrons. The molecule has 0 aromatic heterocycles. The molecule has 0 rings (SSSR count). The second-order valence-corrected chi connectivity index (χ2v) is 9.74. The summed E-state index contributed by atoms with van der Waals surface area (Å²) in [7, 11) is -3.41. The molecule has 0 aromatic carbocycles. The van der Waals surface area contributed by atoms with Crippen LogP contribution in [0, 0.1) is 0 Å². The summed E-state index contributed by atoms with van der Waals surface area (Å²) in [5.74, 6) is -0.297. The van der Waals surface area contributed by atoms with Crippen molar-refractivity contribution < 1.29 is 13.2 Å². The molecule has 1 N–H and O–H groups in total. The molecule has 0 fully saturated rings. The Morgan fingerprint density at radius 1 is 0.593 bits per heavy atom. The van der Waals surface area contributed by atoms with Crippen LogP contribution >= 0.6 is 0 Å². The minimum Gasteiger partial charge on any atom is -0.274 e. The van der Waals surface area contributed by atoms with E-state index < -0.39 is 10.0 Å². The van der Waals surface area contributed by atoms with Crippen LogP contribution in [0.5, 0.6) is 0 Å². The van der Waals surface area contributed by atoms with Gasteiger partial charge in [0.2, 0.25) is 15.9 Å². The number of carbonyl (C=O) groups excluding carboxylic acids is 1. The second-order valence-electron chi connectivity index (χ2n) is 7.90. The summed E-state index contributed by atoms with van der Waals surface area (Å²) in [5.41, 5.74) is 0. The zero-order valence-electron chi connectivity index (χ0n) is 18.1. The molecule has 4 nitrogen and oxygen atoms in total. The fourth-order valence-electron chi connectivity index (χ4n) is 3.27. The Labute approximate surface area is 169 Å². The molecule has 0 saturated carbocycles. The summed E-state index contributed by atoms with van der Waals surface area (Å²) in [6.07, 6.45) is 21.0. The van der Waals surface area contributed by atoms with E-state index in [2.05, 4.69) is 11.6 Å². The molecule has 0 aromatic rings. The summed E-state index contributed by atoms with van der Waals surface area (Å²) >= 11 is 0. The van der Waals surface area contributed by atoms with Gasteiger partial charge in [0.05, 0.1) is 5.75 Å². The Balaban J connectivity index is 3.32. The molecule has 0 heterocycles. The number of sulfonamides is 1. The lowest BCUT2D eigenvalue weighted by atomic mass is 10.0.